The molecule has 92 valence electrons. The Balaban J connectivity index is 2.05. The molecule has 0 amide bonds. The topological polar surface area (TPSA) is 51.8 Å². The van der Waals surface area contributed by atoms with E-state index < -0.39 is 0 Å². The van der Waals surface area contributed by atoms with Gasteiger partial charge in [-0.2, -0.15) is 0 Å². The second kappa shape index (κ2) is 4.78. The lowest BCUT2D eigenvalue weighted by Crippen LogP contribution is -2.05. The van der Waals surface area contributed by atoms with Crippen molar-refractivity contribution < 1.29 is 0 Å². The van der Waals surface area contributed by atoms with Crippen LogP contribution in [0.15, 0.2) is 34.9 Å². The van der Waals surface area contributed by atoms with Crippen LogP contribution in [-0.4, -0.2) is 9.97 Å². The van der Waals surface area contributed by atoms with Crippen molar-refractivity contribution in [2.45, 2.75) is 25.3 Å². The molecule has 1 aliphatic rings. The smallest absolute Gasteiger partial charge is 0.159 e. The Hall–Kier alpha value is -1.26. The van der Waals surface area contributed by atoms with E-state index in [0.717, 1.165) is 27.1 Å². The minimum Gasteiger partial charge on any atom is -0.326 e. The fraction of sp³-hybridized carbons (Fsp3) is 0.286. The summed E-state index contributed by atoms with van der Waals surface area (Å²) in [6.07, 6.45) is 4.32. The molecule has 0 bridgehead atoms. The van der Waals surface area contributed by atoms with Gasteiger partial charge in [0.05, 0.1) is 5.69 Å². The molecule has 4 heteroatoms. The summed E-state index contributed by atoms with van der Waals surface area (Å²) in [5, 5.41) is 0. The highest BCUT2D eigenvalue weighted by Crippen LogP contribution is 2.40. The summed E-state index contributed by atoms with van der Waals surface area (Å²) in [6.45, 7) is 0.518. The SMILES string of the molecule is NCc1cnc(-c2cccc(Br)c2)nc1C1CC1. The Morgan fingerprint density at radius 3 is 2.83 bits per heavy atom. The predicted octanol–water partition coefficient (Wildman–Crippen LogP) is 3.24. The normalized spacial score (nSPS) is 14.8. The number of hydrogen-bond acceptors (Lipinski definition) is 3. The van der Waals surface area contributed by atoms with Crippen molar-refractivity contribution in [1.29, 1.82) is 0 Å². The van der Waals surface area contributed by atoms with Crippen LogP contribution in [-0.2, 0) is 6.54 Å². The molecule has 3 nitrogen and oxygen atoms in total. The summed E-state index contributed by atoms with van der Waals surface area (Å²) in [5.74, 6) is 1.38. The van der Waals surface area contributed by atoms with Crippen LogP contribution in [0.2, 0.25) is 0 Å². The maximum atomic E-state index is 5.74. The van der Waals surface area contributed by atoms with Crippen molar-refractivity contribution in [2.75, 3.05) is 0 Å². The van der Waals surface area contributed by atoms with E-state index in [0.29, 0.717) is 12.5 Å². The van der Waals surface area contributed by atoms with Crippen molar-refractivity contribution in [3.05, 3.63) is 46.2 Å². The van der Waals surface area contributed by atoms with Gasteiger partial charge in [-0.3, -0.25) is 0 Å². The van der Waals surface area contributed by atoms with E-state index in [-0.39, 0.29) is 0 Å². The average molecular weight is 304 g/mol. The predicted molar refractivity (Wildman–Crippen MR) is 75.0 cm³/mol. The number of benzene rings is 1. The molecule has 0 spiro atoms. The summed E-state index contributed by atoms with van der Waals surface area (Å²) < 4.78 is 1.04. The fourth-order valence-electron chi connectivity index (χ4n) is 2.05. The van der Waals surface area contributed by atoms with Gasteiger partial charge in [0.15, 0.2) is 5.82 Å². The van der Waals surface area contributed by atoms with Gasteiger partial charge in [-0.05, 0) is 25.0 Å². The minimum absolute atomic E-state index is 0.518. The lowest BCUT2D eigenvalue weighted by molar-refractivity contribution is 0.911. The zero-order valence-corrected chi connectivity index (χ0v) is 11.5. The van der Waals surface area contributed by atoms with Crippen molar-refractivity contribution in [2.24, 2.45) is 5.73 Å². The Morgan fingerprint density at radius 1 is 1.33 bits per heavy atom. The van der Waals surface area contributed by atoms with Crippen LogP contribution in [0.1, 0.15) is 30.0 Å². The third-order valence-electron chi connectivity index (χ3n) is 3.16. The molecule has 0 radical (unpaired) electrons. The van der Waals surface area contributed by atoms with Gasteiger partial charge in [-0.15, -0.1) is 0 Å². The lowest BCUT2D eigenvalue weighted by atomic mass is 10.1. The van der Waals surface area contributed by atoms with Crippen LogP contribution in [0.5, 0.6) is 0 Å². The Morgan fingerprint density at radius 2 is 2.17 bits per heavy atom. The first-order valence-corrected chi connectivity index (χ1v) is 6.89. The van der Waals surface area contributed by atoms with E-state index in [1.54, 1.807) is 0 Å². The molecule has 1 aromatic heterocycles. The fourth-order valence-corrected chi connectivity index (χ4v) is 2.45. The molecule has 18 heavy (non-hydrogen) atoms. The first-order chi connectivity index (χ1) is 8.78. The van der Waals surface area contributed by atoms with Crippen LogP contribution in [0.25, 0.3) is 11.4 Å². The molecule has 3 rings (SSSR count). The number of hydrogen-bond donors (Lipinski definition) is 1. The zero-order valence-electron chi connectivity index (χ0n) is 9.94. The molecule has 2 aromatic rings. The van der Waals surface area contributed by atoms with Crippen molar-refractivity contribution in [1.82, 2.24) is 9.97 Å². The summed E-state index contributed by atoms with van der Waals surface area (Å²) in [5.41, 5.74) is 9.00. The van der Waals surface area contributed by atoms with Crippen LogP contribution in [0.4, 0.5) is 0 Å². The number of nitrogens with zero attached hydrogens (tertiary/aromatic N) is 2. The highest BCUT2D eigenvalue weighted by atomic mass is 79.9. The minimum atomic E-state index is 0.518. The molecule has 2 N–H and O–H groups in total. The Kier molecular flexibility index (Phi) is 3.14. The maximum absolute atomic E-state index is 5.74. The Labute approximate surface area is 115 Å². The van der Waals surface area contributed by atoms with Gasteiger partial charge in [-0.25, -0.2) is 9.97 Å². The zero-order chi connectivity index (χ0) is 12.5. The van der Waals surface area contributed by atoms with Gasteiger partial charge in [0.1, 0.15) is 0 Å². The Bertz CT molecular complexity index is 579. The molecule has 0 saturated heterocycles. The van der Waals surface area contributed by atoms with E-state index in [2.05, 4.69) is 20.9 Å². The molecule has 0 unspecified atom stereocenters. The molecule has 1 aliphatic carbocycles. The van der Waals surface area contributed by atoms with Crippen molar-refractivity contribution in [3.63, 3.8) is 0 Å². The molecular weight excluding hydrogens is 290 g/mol. The van der Waals surface area contributed by atoms with Gasteiger partial charge in [0.2, 0.25) is 0 Å². The second-order valence-electron chi connectivity index (χ2n) is 4.59. The molecule has 1 fully saturated rings. The van der Waals surface area contributed by atoms with E-state index in [1.165, 1.54) is 12.8 Å². The summed E-state index contributed by atoms with van der Waals surface area (Å²) in [7, 11) is 0. The number of nitrogens with two attached hydrogens (primary N) is 1. The summed E-state index contributed by atoms with van der Waals surface area (Å²) >= 11 is 3.47. The van der Waals surface area contributed by atoms with Crippen LogP contribution in [0, 0.1) is 0 Å². The van der Waals surface area contributed by atoms with E-state index in [4.69, 9.17) is 10.7 Å². The maximum Gasteiger partial charge on any atom is 0.159 e. The van der Waals surface area contributed by atoms with Crippen molar-refractivity contribution in [3.8, 4) is 11.4 Å². The third kappa shape index (κ3) is 2.31. The molecule has 0 atom stereocenters. The number of aromatic nitrogens is 2. The second-order valence-corrected chi connectivity index (χ2v) is 5.51. The monoisotopic (exact) mass is 303 g/mol. The molecular formula is C14H14BrN3. The molecule has 1 heterocycles. The van der Waals surface area contributed by atoms with Crippen molar-refractivity contribution >= 4 is 15.9 Å². The highest BCUT2D eigenvalue weighted by molar-refractivity contribution is 9.10. The van der Waals surface area contributed by atoms with Gasteiger partial charge < -0.3 is 5.73 Å². The quantitative estimate of drug-likeness (QED) is 0.947. The molecule has 1 aromatic carbocycles. The standard InChI is InChI=1S/C14H14BrN3/c15-12-3-1-2-10(6-12)14-17-8-11(7-16)13(18-14)9-4-5-9/h1-3,6,8-9H,4-5,7,16H2. The number of rotatable bonds is 3. The van der Waals surface area contributed by atoms with Gasteiger partial charge >= 0.3 is 0 Å². The van der Waals surface area contributed by atoms with Crippen LogP contribution in [0.3, 0.4) is 0 Å². The van der Waals surface area contributed by atoms with Gasteiger partial charge in [0.25, 0.3) is 0 Å². The first-order valence-electron chi connectivity index (χ1n) is 6.10. The van der Waals surface area contributed by atoms with Crippen LogP contribution < -0.4 is 5.73 Å². The van der Waals surface area contributed by atoms with Crippen LogP contribution >= 0.6 is 15.9 Å². The van der Waals surface area contributed by atoms with Gasteiger partial charge in [0, 0.05) is 34.3 Å². The third-order valence-corrected chi connectivity index (χ3v) is 3.66. The molecule has 1 saturated carbocycles. The average Bonchev–Trinajstić information content (AvgIpc) is 3.22. The van der Waals surface area contributed by atoms with E-state index >= 15 is 0 Å². The highest BCUT2D eigenvalue weighted by Gasteiger charge is 2.27. The van der Waals surface area contributed by atoms with Gasteiger partial charge in [-0.1, -0.05) is 28.1 Å². The largest absolute Gasteiger partial charge is 0.326 e. The molecule has 0 aliphatic heterocycles. The van der Waals surface area contributed by atoms with E-state index in [9.17, 15) is 0 Å². The summed E-state index contributed by atoms with van der Waals surface area (Å²) in [6, 6.07) is 8.06. The van der Waals surface area contributed by atoms with E-state index in [1.807, 2.05) is 30.5 Å². The lowest BCUT2D eigenvalue weighted by Gasteiger charge is -2.08. The summed E-state index contributed by atoms with van der Waals surface area (Å²) in [4.78, 5) is 9.12. The number of halogens is 1. The first kappa shape index (κ1) is 11.8.